The van der Waals surface area contributed by atoms with E-state index in [-0.39, 0.29) is 53.4 Å². The van der Waals surface area contributed by atoms with Crippen molar-refractivity contribution < 1.29 is 23.9 Å². The molecule has 4 N–H and O–H groups in total. The van der Waals surface area contributed by atoms with E-state index in [1.165, 1.54) is 29.2 Å². The Balaban J connectivity index is 1.82. The van der Waals surface area contributed by atoms with Gasteiger partial charge in [-0.25, -0.2) is 14.2 Å². The van der Waals surface area contributed by atoms with E-state index in [4.69, 9.17) is 16.7 Å². The Morgan fingerprint density at radius 1 is 1.27 bits per heavy atom. The largest absolute Gasteiger partial charge is 0.465 e. The third kappa shape index (κ3) is 7.65. The molecule has 0 unspecified atom stereocenters. The van der Waals surface area contributed by atoms with E-state index in [1.807, 2.05) is 13.8 Å². The minimum Gasteiger partial charge on any atom is -0.465 e. The first-order valence-electron chi connectivity index (χ1n) is 12.5. The number of halogens is 2. The minimum absolute atomic E-state index is 0.0361. The summed E-state index contributed by atoms with van der Waals surface area (Å²) in [6.45, 7) is 3.85. The van der Waals surface area contributed by atoms with Gasteiger partial charge in [-0.15, -0.1) is 0 Å². The lowest BCUT2D eigenvalue weighted by atomic mass is 10.1. The summed E-state index contributed by atoms with van der Waals surface area (Å²) in [6.07, 6.45) is 3.38. The van der Waals surface area contributed by atoms with Crippen LogP contribution >= 0.6 is 11.6 Å². The molecule has 12 nitrogen and oxygen atoms in total. The second kappa shape index (κ2) is 13.2. The third-order valence-electron chi connectivity index (χ3n) is 5.82. The summed E-state index contributed by atoms with van der Waals surface area (Å²) >= 11 is 6.28. The first-order chi connectivity index (χ1) is 18.9. The summed E-state index contributed by atoms with van der Waals surface area (Å²) in [4.78, 5) is 61.9. The van der Waals surface area contributed by atoms with E-state index in [9.17, 15) is 23.6 Å². The number of H-pyrrole nitrogens is 1. The zero-order chi connectivity index (χ0) is 29.6. The standard InChI is InChI=1S/C26H31ClFN7O5/c1-14(2)11-18-23-22(15(28)12-29-18)32-20(33-23)13-35-19(27)10-9-17(25(35)38)30-24(37)16(31-26(39)40)7-5-6-8-21(36)34(3)4/h6,8-10,12,14,16,31H,5,7,11,13H2,1-4H3,(H,30,37)(H,32,33)(H,39,40)/b8-6+/t16-/m0/s1. The number of imidazole rings is 1. The summed E-state index contributed by atoms with van der Waals surface area (Å²) in [6, 6.07) is 1.49. The maximum absolute atomic E-state index is 14.4. The Bertz CT molecular complexity index is 1500. The zero-order valence-electron chi connectivity index (χ0n) is 22.5. The van der Waals surface area contributed by atoms with Crippen LogP contribution in [0, 0.1) is 11.7 Å². The van der Waals surface area contributed by atoms with E-state index in [0.29, 0.717) is 17.6 Å². The lowest BCUT2D eigenvalue weighted by Crippen LogP contribution is -2.44. The molecule has 3 aromatic rings. The van der Waals surface area contributed by atoms with Gasteiger partial charge in [0, 0.05) is 14.1 Å². The molecular formula is C26H31ClFN7O5. The number of carbonyl (C=O) groups is 3. The first kappa shape index (κ1) is 30.3. The van der Waals surface area contributed by atoms with Crippen LogP contribution in [-0.2, 0) is 22.6 Å². The van der Waals surface area contributed by atoms with Gasteiger partial charge in [-0.05, 0) is 43.4 Å². The molecule has 0 fully saturated rings. The molecule has 214 valence electrons. The highest BCUT2D eigenvalue weighted by atomic mass is 35.5. The molecule has 0 bridgehead atoms. The van der Waals surface area contributed by atoms with Gasteiger partial charge in [-0.1, -0.05) is 31.5 Å². The van der Waals surface area contributed by atoms with Crippen molar-refractivity contribution >= 4 is 46.2 Å². The van der Waals surface area contributed by atoms with E-state index >= 15 is 0 Å². The molecule has 0 spiro atoms. The number of likely N-dealkylation sites (N-methyl/N-ethyl adjacent to an activating group) is 1. The average Bonchev–Trinajstić information content (AvgIpc) is 3.31. The molecular weight excluding hydrogens is 545 g/mol. The van der Waals surface area contributed by atoms with Crippen LogP contribution in [0.5, 0.6) is 0 Å². The number of allylic oxidation sites excluding steroid dienone is 1. The molecule has 0 radical (unpaired) electrons. The second-order valence-corrected chi connectivity index (χ2v) is 10.1. The number of anilines is 1. The highest BCUT2D eigenvalue weighted by Crippen LogP contribution is 2.21. The van der Waals surface area contributed by atoms with Crippen LogP contribution < -0.4 is 16.2 Å². The topological polar surface area (TPSA) is 162 Å². The van der Waals surface area contributed by atoms with Gasteiger partial charge >= 0.3 is 6.09 Å². The van der Waals surface area contributed by atoms with E-state index in [1.54, 1.807) is 14.1 Å². The predicted octanol–water partition coefficient (Wildman–Crippen LogP) is 3.16. The number of hydrogen-bond acceptors (Lipinski definition) is 6. The molecule has 40 heavy (non-hydrogen) atoms. The monoisotopic (exact) mass is 575 g/mol. The van der Waals surface area contributed by atoms with Crippen LogP contribution in [0.3, 0.4) is 0 Å². The van der Waals surface area contributed by atoms with Crippen molar-refractivity contribution in [2.45, 2.75) is 45.7 Å². The highest BCUT2D eigenvalue weighted by Gasteiger charge is 2.22. The average molecular weight is 576 g/mol. The normalized spacial score (nSPS) is 12.2. The fourth-order valence-electron chi connectivity index (χ4n) is 3.86. The quantitative estimate of drug-likeness (QED) is 0.201. The number of amides is 3. The number of hydrogen-bond donors (Lipinski definition) is 4. The molecule has 3 heterocycles. The molecule has 0 aromatic carbocycles. The van der Waals surface area contributed by atoms with Crippen LogP contribution in [-0.4, -0.2) is 67.6 Å². The fourth-order valence-corrected chi connectivity index (χ4v) is 4.06. The smallest absolute Gasteiger partial charge is 0.405 e. The van der Waals surface area contributed by atoms with Gasteiger partial charge < -0.3 is 25.6 Å². The van der Waals surface area contributed by atoms with Gasteiger partial charge in [0.15, 0.2) is 5.82 Å². The molecule has 1 atom stereocenters. The fraction of sp³-hybridized carbons (Fsp3) is 0.385. The van der Waals surface area contributed by atoms with E-state index in [2.05, 4.69) is 25.6 Å². The SMILES string of the molecule is CC(C)Cc1ncc(F)c2[nH]c(Cn3c(Cl)ccc(NC(=O)[C@H](CC/C=C/C(=O)N(C)C)NC(=O)O)c3=O)nc12. The number of rotatable bonds is 11. The number of carbonyl (C=O) groups excluding carboxylic acids is 2. The number of aromatic amines is 1. The predicted molar refractivity (Wildman–Crippen MR) is 148 cm³/mol. The molecule has 14 heteroatoms. The third-order valence-corrected chi connectivity index (χ3v) is 6.15. The summed E-state index contributed by atoms with van der Waals surface area (Å²) in [5, 5.41) is 13.8. The first-order valence-corrected chi connectivity index (χ1v) is 12.8. The molecule has 3 aromatic heterocycles. The van der Waals surface area contributed by atoms with Crippen molar-refractivity contribution in [2.75, 3.05) is 19.4 Å². The Morgan fingerprint density at radius 2 is 2.00 bits per heavy atom. The minimum atomic E-state index is -1.43. The van der Waals surface area contributed by atoms with E-state index < -0.39 is 29.4 Å². The summed E-state index contributed by atoms with van der Waals surface area (Å²) in [5.74, 6) is -1.10. The van der Waals surface area contributed by atoms with Gasteiger partial charge in [0.1, 0.15) is 33.7 Å². The number of nitrogens with zero attached hydrogens (tertiary/aromatic N) is 4. The second-order valence-electron chi connectivity index (χ2n) is 9.72. The Kier molecular flexibility index (Phi) is 9.99. The van der Waals surface area contributed by atoms with Crippen molar-refractivity contribution in [3.8, 4) is 0 Å². The van der Waals surface area contributed by atoms with Crippen LogP contribution in [0.2, 0.25) is 5.15 Å². The summed E-state index contributed by atoms with van der Waals surface area (Å²) < 4.78 is 15.6. The number of pyridine rings is 2. The van der Waals surface area contributed by atoms with Crippen molar-refractivity contribution in [2.24, 2.45) is 5.92 Å². The summed E-state index contributed by atoms with van der Waals surface area (Å²) in [7, 11) is 3.17. The molecule has 0 saturated carbocycles. The zero-order valence-corrected chi connectivity index (χ0v) is 23.3. The van der Waals surface area contributed by atoms with Crippen LogP contribution in [0.1, 0.15) is 38.2 Å². The number of nitrogens with one attached hydrogen (secondary N) is 3. The van der Waals surface area contributed by atoms with Crippen molar-refractivity contribution in [3.63, 3.8) is 0 Å². The molecule has 3 amide bonds. The van der Waals surface area contributed by atoms with Gasteiger partial charge in [0.05, 0.1) is 18.4 Å². The van der Waals surface area contributed by atoms with Gasteiger partial charge in [-0.3, -0.25) is 23.9 Å². The van der Waals surface area contributed by atoms with Gasteiger partial charge in [0.25, 0.3) is 5.56 Å². The molecule has 0 aliphatic carbocycles. The van der Waals surface area contributed by atoms with E-state index in [0.717, 1.165) is 10.8 Å². The number of carboxylic acid groups (broad SMARTS) is 1. The molecule has 0 aliphatic rings. The molecule has 3 rings (SSSR count). The Morgan fingerprint density at radius 3 is 2.65 bits per heavy atom. The molecule has 0 aliphatic heterocycles. The van der Waals surface area contributed by atoms with Crippen molar-refractivity contribution in [1.29, 1.82) is 0 Å². The lowest BCUT2D eigenvalue weighted by Gasteiger charge is -2.17. The highest BCUT2D eigenvalue weighted by molar-refractivity contribution is 6.29. The maximum atomic E-state index is 14.4. The van der Waals surface area contributed by atoms with Gasteiger partial charge in [0.2, 0.25) is 11.8 Å². The van der Waals surface area contributed by atoms with Gasteiger partial charge in [-0.2, -0.15) is 0 Å². The number of aromatic nitrogens is 4. The Hall–Kier alpha value is -4.26. The van der Waals surface area contributed by atoms with Crippen LogP contribution in [0.15, 0.2) is 35.3 Å². The van der Waals surface area contributed by atoms with Crippen LogP contribution in [0.25, 0.3) is 11.0 Å². The maximum Gasteiger partial charge on any atom is 0.405 e. The number of fused-ring (bicyclic) bond motifs is 1. The van der Waals surface area contributed by atoms with Crippen molar-refractivity contribution in [1.82, 2.24) is 29.7 Å². The molecule has 0 saturated heterocycles. The Labute approximate surface area is 234 Å². The summed E-state index contributed by atoms with van der Waals surface area (Å²) in [5.41, 5.74) is 0.327. The van der Waals surface area contributed by atoms with Crippen molar-refractivity contribution in [3.05, 3.63) is 63.3 Å². The van der Waals surface area contributed by atoms with Crippen LogP contribution in [0.4, 0.5) is 14.9 Å². The lowest BCUT2D eigenvalue weighted by molar-refractivity contribution is -0.123.